The van der Waals surface area contributed by atoms with Crippen LogP contribution < -0.4 is 0 Å². The molecule has 2 heterocycles. The molecular weight excluding hydrogens is 472 g/mol. The minimum absolute atomic E-state index is 0.126. The van der Waals surface area contributed by atoms with Crippen molar-refractivity contribution in [2.24, 2.45) is 5.92 Å². The van der Waals surface area contributed by atoms with Gasteiger partial charge in [0.2, 0.25) is 0 Å². The van der Waals surface area contributed by atoms with E-state index in [-0.39, 0.29) is 13.0 Å². The Hall–Kier alpha value is -0.970. The number of hydrogen-bond acceptors (Lipinski definition) is 13. The number of hydrogen-bond donors (Lipinski definition) is 8. The van der Waals surface area contributed by atoms with Gasteiger partial charge in [0.05, 0.1) is 25.7 Å². The van der Waals surface area contributed by atoms with Crippen molar-refractivity contribution >= 4 is 5.97 Å². The zero-order valence-electron chi connectivity index (χ0n) is 19.8. The van der Waals surface area contributed by atoms with Crippen LogP contribution in [0.4, 0.5) is 0 Å². The van der Waals surface area contributed by atoms with Crippen molar-refractivity contribution in [2.45, 2.75) is 100 Å². The Morgan fingerprint density at radius 2 is 1.51 bits per heavy atom. The summed E-state index contributed by atoms with van der Waals surface area (Å²) in [6.45, 7) is 0.347. The van der Waals surface area contributed by atoms with Gasteiger partial charge < -0.3 is 59.8 Å². The number of aliphatic hydroxyl groups is 8. The van der Waals surface area contributed by atoms with E-state index >= 15 is 0 Å². The lowest BCUT2D eigenvalue weighted by molar-refractivity contribution is -0.344. The molecule has 0 aromatic carbocycles. The molecule has 13 nitrogen and oxygen atoms in total. The molecule has 2 saturated heterocycles. The van der Waals surface area contributed by atoms with E-state index in [1.54, 1.807) is 0 Å². The topological polar surface area (TPSA) is 216 Å². The van der Waals surface area contributed by atoms with Gasteiger partial charge in [0, 0.05) is 6.61 Å². The molecule has 206 valence electrons. The van der Waals surface area contributed by atoms with Crippen molar-refractivity contribution in [3.8, 4) is 0 Å². The number of carbonyl (C=O) groups is 1. The normalized spacial score (nSPS) is 38.8. The summed E-state index contributed by atoms with van der Waals surface area (Å²) in [6.07, 6.45) is -12.2. The van der Waals surface area contributed by atoms with E-state index in [0.717, 1.165) is 19.3 Å². The Kier molecular flexibility index (Phi) is 12.7. The van der Waals surface area contributed by atoms with Gasteiger partial charge in [0.25, 0.3) is 0 Å². The van der Waals surface area contributed by atoms with Crippen LogP contribution in [-0.4, -0.2) is 134 Å². The van der Waals surface area contributed by atoms with Crippen molar-refractivity contribution < 1.29 is 64.6 Å². The Morgan fingerprint density at radius 3 is 2.11 bits per heavy atom. The number of aliphatic hydroxyl groups excluding tert-OH is 8. The quantitative estimate of drug-likeness (QED) is 0.0901. The average molecular weight is 513 g/mol. The summed E-state index contributed by atoms with van der Waals surface area (Å²) in [6, 6.07) is 0. The first-order valence-electron chi connectivity index (χ1n) is 12.1. The molecule has 3 unspecified atom stereocenters. The third kappa shape index (κ3) is 7.52. The number of rotatable bonds is 13. The summed E-state index contributed by atoms with van der Waals surface area (Å²) < 4.78 is 21.7. The third-order valence-electron chi connectivity index (χ3n) is 6.42. The third-order valence-corrected chi connectivity index (χ3v) is 6.42. The Bertz CT molecular complexity index is 618. The molecule has 2 rings (SSSR count). The van der Waals surface area contributed by atoms with Crippen LogP contribution in [0.2, 0.25) is 0 Å². The van der Waals surface area contributed by atoms with E-state index in [4.69, 9.17) is 18.9 Å². The number of carbonyl (C=O) groups excluding carboxylic acids is 1. The molecule has 11 atom stereocenters. The zero-order chi connectivity index (χ0) is 26.1. The maximum Gasteiger partial charge on any atom is 0.311 e. The minimum Gasteiger partial charge on any atom is -0.465 e. The number of ether oxygens (including phenoxy) is 4. The fourth-order valence-electron chi connectivity index (χ4n) is 4.31. The second kappa shape index (κ2) is 14.7. The Balaban J connectivity index is 2.10. The van der Waals surface area contributed by atoms with Gasteiger partial charge in [-0.3, -0.25) is 4.79 Å². The SMILES string of the molecule is CCCCCCOC(=O)C(CCO)C1O[C@H](CO)[C@@H](OC2O[C@H](CO)[C@H](O)[C@H](O)[C@H]2O)[C@H](O)[C@H]1O. The predicted octanol–water partition coefficient (Wildman–Crippen LogP) is -3.22. The number of unbranched alkanes of at least 4 members (excludes halogenated alkanes) is 3. The molecule has 0 spiro atoms. The molecule has 0 amide bonds. The second-order valence-electron chi connectivity index (χ2n) is 8.95. The van der Waals surface area contributed by atoms with Crippen LogP contribution in [0.5, 0.6) is 0 Å². The van der Waals surface area contributed by atoms with Crippen LogP contribution in [0, 0.1) is 5.92 Å². The summed E-state index contributed by atoms with van der Waals surface area (Å²) in [7, 11) is 0. The largest absolute Gasteiger partial charge is 0.465 e. The lowest BCUT2D eigenvalue weighted by atomic mass is 9.86. The van der Waals surface area contributed by atoms with Gasteiger partial charge in [-0.25, -0.2) is 0 Å². The van der Waals surface area contributed by atoms with Crippen molar-refractivity contribution in [1.29, 1.82) is 0 Å². The van der Waals surface area contributed by atoms with Crippen LogP contribution in [0.25, 0.3) is 0 Å². The van der Waals surface area contributed by atoms with E-state index in [1.807, 2.05) is 6.92 Å². The van der Waals surface area contributed by atoms with Crippen LogP contribution in [0.3, 0.4) is 0 Å². The van der Waals surface area contributed by atoms with Gasteiger partial charge in [-0.15, -0.1) is 0 Å². The maximum atomic E-state index is 12.7. The van der Waals surface area contributed by atoms with Gasteiger partial charge in [-0.05, 0) is 12.8 Å². The maximum absolute atomic E-state index is 12.7. The van der Waals surface area contributed by atoms with Gasteiger partial charge in [-0.1, -0.05) is 26.2 Å². The predicted molar refractivity (Wildman–Crippen MR) is 117 cm³/mol. The van der Waals surface area contributed by atoms with E-state index < -0.39 is 92.9 Å². The first-order valence-corrected chi connectivity index (χ1v) is 12.1. The monoisotopic (exact) mass is 512 g/mol. The van der Waals surface area contributed by atoms with E-state index in [0.29, 0.717) is 6.42 Å². The second-order valence-corrected chi connectivity index (χ2v) is 8.95. The standard InChI is InChI=1S/C22H40O13/c1-2-3-4-5-8-32-21(31)11(6-7-23)19-16(28)17(29)20(13(10-25)33-19)35-22-18(30)15(27)14(26)12(9-24)34-22/h11-20,22-30H,2-10H2,1H3/t11?,12-,13-,14+,15+,16-,17-,18-,19?,20-,22?/m1/s1. The van der Waals surface area contributed by atoms with E-state index in [9.17, 15) is 45.6 Å². The minimum atomic E-state index is -1.78. The fourth-order valence-corrected chi connectivity index (χ4v) is 4.31. The van der Waals surface area contributed by atoms with Crippen LogP contribution in [0.15, 0.2) is 0 Å². The average Bonchev–Trinajstić information content (AvgIpc) is 2.85. The molecule has 2 aliphatic heterocycles. The molecule has 0 saturated carbocycles. The summed E-state index contributed by atoms with van der Waals surface area (Å²) in [5.41, 5.74) is 0. The molecule has 2 aliphatic rings. The molecule has 2 fully saturated rings. The van der Waals surface area contributed by atoms with Crippen molar-refractivity contribution in [2.75, 3.05) is 26.4 Å². The molecule has 0 aromatic rings. The molecule has 8 N–H and O–H groups in total. The van der Waals surface area contributed by atoms with E-state index in [2.05, 4.69) is 0 Å². The first kappa shape index (κ1) is 30.3. The highest BCUT2D eigenvalue weighted by molar-refractivity contribution is 5.73. The fraction of sp³-hybridized carbons (Fsp3) is 0.955. The highest BCUT2D eigenvalue weighted by Gasteiger charge is 2.52. The van der Waals surface area contributed by atoms with Crippen LogP contribution >= 0.6 is 0 Å². The smallest absolute Gasteiger partial charge is 0.311 e. The summed E-state index contributed by atoms with van der Waals surface area (Å²) in [5, 5.41) is 80.2. The van der Waals surface area contributed by atoms with Crippen LogP contribution in [-0.2, 0) is 23.7 Å². The summed E-state index contributed by atoms with van der Waals surface area (Å²) in [5.74, 6) is -1.87. The van der Waals surface area contributed by atoms with Gasteiger partial charge >= 0.3 is 5.97 Å². The van der Waals surface area contributed by atoms with Gasteiger partial charge in [0.1, 0.15) is 54.9 Å². The van der Waals surface area contributed by atoms with Crippen LogP contribution in [0.1, 0.15) is 39.0 Å². The first-order chi connectivity index (χ1) is 16.7. The zero-order valence-corrected chi connectivity index (χ0v) is 19.8. The van der Waals surface area contributed by atoms with E-state index in [1.165, 1.54) is 0 Å². The van der Waals surface area contributed by atoms with Crippen molar-refractivity contribution in [1.82, 2.24) is 0 Å². The molecule has 0 aliphatic carbocycles. The molecule has 35 heavy (non-hydrogen) atoms. The van der Waals surface area contributed by atoms with Crippen molar-refractivity contribution in [3.05, 3.63) is 0 Å². The van der Waals surface area contributed by atoms with Gasteiger partial charge in [0.15, 0.2) is 6.29 Å². The van der Waals surface area contributed by atoms with Gasteiger partial charge in [-0.2, -0.15) is 0 Å². The summed E-state index contributed by atoms with van der Waals surface area (Å²) in [4.78, 5) is 12.7. The Morgan fingerprint density at radius 1 is 0.829 bits per heavy atom. The molecule has 0 bridgehead atoms. The Labute approximate surface area is 203 Å². The molecule has 13 heteroatoms. The number of esters is 1. The highest BCUT2D eigenvalue weighted by Crippen LogP contribution is 2.32. The molecular formula is C22H40O13. The highest BCUT2D eigenvalue weighted by atomic mass is 16.7. The molecule has 0 aromatic heterocycles. The lowest BCUT2D eigenvalue weighted by Crippen LogP contribution is -2.65. The summed E-state index contributed by atoms with van der Waals surface area (Å²) >= 11 is 0. The molecule has 0 radical (unpaired) electrons. The lowest BCUT2D eigenvalue weighted by Gasteiger charge is -2.47. The van der Waals surface area contributed by atoms with Crippen molar-refractivity contribution in [3.63, 3.8) is 0 Å².